The Morgan fingerprint density at radius 2 is 2.14 bits per heavy atom. The number of rotatable bonds is 5. The Balaban J connectivity index is 1.57. The second kappa shape index (κ2) is 6.66. The minimum atomic E-state index is 0.275. The third-order valence-corrected chi connectivity index (χ3v) is 5.59. The number of ether oxygens (including phenoxy) is 1. The quantitative estimate of drug-likeness (QED) is 0.845. The van der Waals surface area contributed by atoms with Crippen molar-refractivity contribution in [3.63, 3.8) is 0 Å². The summed E-state index contributed by atoms with van der Waals surface area (Å²) in [4.78, 5) is 15.0. The molecule has 1 N–H and O–H groups in total. The second-order valence-electron chi connectivity index (χ2n) is 7.14. The van der Waals surface area contributed by atoms with Crippen molar-refractivity contribution in [1.29, 1.82) is 0 Å². The van der Waals surface area contributed by atoms with Gasteiger partial charge in [-0.2, -0.15) is 0 Å². The first kappa shape index (κ1) is 15.3. The average Bonchev–Trinajstić information content (AvgIpc) is 3.21. The monoisotopic (exact) mass is 294 g/mol. The number of hydrogen-bond donors (Lipinski definition) is 1. The molecule has 2 atom stereocenters. The molecule has 1 saturated carbocycles. The van der Waals surface area contributed by atoms with Crippen molar-refractivity contribution in [2.75, 3.05) is 32.8 Å². The zero-order valence-electron chi connectivity index (χ0n) is 13.4. The summed E-state index contributed by atoms with van der Waals surface area (Å²) < 4.78 is 5.84. The highest BCUT2D eigenvalue weighted by atomic mass is 16.5. The third-order valence-electron chi connectivity index (χ3n) is 5.59. The SMILES string of the molecule is CCCN(CC1CCCCO1)C(=O)C1CC12CCNCC2. The van der Waals surface area contributed by atoms with E-state index in [0.717, 1.165) is 52.0 Å². The van der Waals surface area contributed by atoms with E-state index in [4.69, 9.17) is 4.74 Å². The van der Waals surface area contributed by atoms with E-state index in [1.807, 2.05) is 0 Å². The maximum Gasteiger partial charge on any atom is 0.226 e. The molecule has 0 bridgehead atoms. The van der Waals surface area contributed by atoms with Gasteiger partial charge in [0, 0.05) is 25.6 Å². The van der Waals surface area contributed by atoms with Gasteiger partial charge in [-0.1, -0.05) is 6.92 Å². The van der Waals surface area contributed by atoms with Crippen molar-refractivity contribution in [3.8, 4) is 0 Å². The maximum atomic E-state index is 12.9. The highest BCUT2D eigenvalue weighted by molar-refractivity contribution is 5.82. The predicted molar refractivity (Wildman–Crippen MR) is 83.1 cm³/mol. The Labute approximate surface area is 128 Å². The fourth-order valence-corrected chi connectivity index (χ4v) is 4.15. The van der Waals surface area contributed by atoms with E-state index >= 15 is 0 Å². The van der Waals surface area contributed by atoms with Crippen LogP contribution in [0.25, 0.3) is 0 Å². The van der Waals surface area contributed by atoms with Crippen LogP contribution in [-0.2, 0) is 9.53 Å². The molecule has 0 aromatic carbocycles. The summed E-state index contributed by atoms with van der Waals surface area (Å²) in [6.07, 6.45) is 8.35. The molecule has 0 aromatic rings. The fraction of sp³-hybridized carbons (Fsp3) is 0.941. The molecular formula is C17H30N2O2. The molecule has 0 radical (unpaired) electrons. The van der Waals surface area contributed by atoms with Gasteiger partial charge >= 0.3 is 0 Å². The van der Waals surface area contributed by atoms with Crippen LogP contribution in [0.4, 0.5) is 0 Å². The van der Waals surface area contributed by atoms with Gasteiger partial charge in [-0.05, 0) is 63.5 Å². The largest absolute Gasteiger partial charge is 0.376 e. The summed E-state index contributed by atoms with van der Waals surface area (Å²) in [7, 11) is 0. The minimum Gasteiger partial charge on any atom is -0.376 e. The Kier molecular flexibility index (Phi) is 4.85. The van der Waals surface area contributed by atoms with E-state index in [-0.39, 0.29) is 6.10 Å². The molecule has 3 rings (SSSR count). The lowest BCUT2D eigenvalue weighted by molar-refractivity contribution is -0.136. The van der Waals surface area contributed by atoms with Gasteiger partial charge in [0.25, 0.3) is 0 Å². The molecule has 2 heterocycles. The van der Waals surface area contributed by atoms with Gasteiger partial charge in [-0.3, -0.25) is 4.79 Å². The molecule has 4 nitrogen and oxygen atoms in total. The molecular weight excluding hydrogens is 264 g/mol. The molecule has 1 aliphatic carbocycles. The lowest BCUT2D eigenvalue weighted by atomic mass is 9.91. The van der Waals surface area contributed by atoms with Crippen molar-refractivity contribution in [2.45, 2.75) is 58.0 Å². The van der Waals surface area contributed by atoms with Gasteiger partial charge in [0.1, 0.15) is 0 Å². The number of hydrogen-bond acceptors (Lipinski definition) is 3. The summed E-state index contributed by atoms with van der Waals surface area (Å²) >= 11 is 0. The summed E-state index contributed by atoms with van der Waals surface area (Å²) in [5.74, 6) is 0.711. The molecule has 3 fully saturated rings. The second-order valence-corrected chi connectivity index (χ2v) is 7.14. The van der Waals surface area contributed by atoms with Crippen LogP contribution in [0.3, 0.4) is 0 Å². The molecule has 2 saturated heterocycles. The van der Waals surface area contributed by atoms with Crippen LogP contribution in [0.15, 0.2) is 0 Å². The van der Waals surface area contributed by atoms with Crippen molar-refractivity contribution in [1.82, 2.24) is 10.2 Å². The third kappa shape index (κ3) is 3.42. The number of carbonyl (C=O) groups excluding carboxylic acids is 1. The molecule has 4 heteroatoms. The summed E-state index contributed by atoms with van der Waals surface area (Å²) in [6, 6.07) is 0. The first-order chi connectivity index (χ1) is 10.2. The van der Waals surface area contributed by atoms with Gasteiger partial charge in [0.2, 0.25) is 5.91 Å². The molecule has 21 heavy (non-hydrogen) atoms. The van der Waals surface area contributed by atoms with Crippen molar-refractivity contribution < 1.29 is 9.53 Å². The zero-order valence-corrected chi connectivity index (χ0v) is 13.4. The maximum absolute atomic E-state index is 12.9. The van der Waals surface area contributed by atoms with E-state index in [1.54, 1.807) is 0 Å². The zero-order chi connectivity index (χ0) is 14.7. The molecule has 120 valence electrons. The molecule has 2 aliphatic heterocycles. The predicted octanol–water partition coefficient (Wildman–Crippen LogP) is 2.18. The average molecular weight is 294 g/mol. The Bertz CT molecular complexity index is 360. The topological polar surface area (TPSA) is 41.6 Å². The van der Waals surface area contributed by atoms with Crippen LogP contribution in [0.2, 0.25) is 0 Å². The van der Waals surface area contributed by atoms with E-state index in [2.05, 4.69) is 17.1 Å². The standard InChI is InChI=1S/C17H30N2O2/c1-2-10-19(13-14-5-3-4-11-21-14)16(20)15-12-17(15)6-8-18-9-7-17/h14-15,18H,2-13H2,1H3. The molecule has 3 aliphatic rings. The number of piperidine rings is 1. The van der Waals surface area contributed by atoms with Gasteiger partial charge in [-0.25, -0.2) is 0 Å². The summed E-state index contributed by atoms with van der Waals surface area (Å²) in [5, 5.41) is 3.42. The normalized spacial score (nSPS) is 31.1. The number of carbonyl (C=O) groups is 1. The summed E-state index contributed by atoms with van der Waals surface area (Å²) in [6.45, 7) is 6.92. The highest BCUT2D eigenvalue weighted by Crippen LogP contribution is 2.59. The number of nitrogens with one attached hydrogen (secondary N) is 1. The smallest absolute Gasteiger partial charge is 0.226 e. The van der Waals surface area contributed by atoms with E-state index in [9.17, 15) is 4.79 Å². The van der Waals surface area contributed by atoms with Crippen molar-refractivity contribution in [3.05, 3.63) is 0 Å². The van der Waals surface area contributed by atoms with Gasteiger partial charge in [0.15, 0.2) is 0 Å². The first-order valence-electron chi connectivity index (χ1n) is 8.86. The molecule has 0 aromatic heterocycles. The summed E-state index contributed by atoms with van der Waals surface area (Å²) in [5.41, 5.74) is 0.349. The van der Waals surface area contributed by atoms with Gasteiger partial charge in [0.05, 0.1) is 6.10 Å². The lowest BCUT2D eigenvalue weighted by Crippen LogP contribution is -2.42. The number of amides is 1. The Morgan fingerprint density at radius 3 is 2.81 bits per heavy atom. The molecule has 2 unspecified atom stereocenters. The fourth-order valence-electron chi connectivity index (χ4n) is 4.15. The van der Waals surface area contributed by atoms with Gasteiger partial charge in [-0.15, -0.1) is 0 Å². The lowest BCUT2D eigenvalue weighted by Gasteiger charge is -2.31. The van der Waals surface area contributed by atoms with E-state index in [0.29, 0.717) is 17.2 Å². The Morgan fingerprint density at radius 1 is 1.33 bits per heavy atom. The minimum absolute atomic E-state index is 0.275. The molecule has 1 amide bonds. The van der Waals surface area contributed by atoms with Crippen LogP contribution in [0, 0.1) is 11.3 Å². The molecule has 1 spiro atoms. The van der Waals surface area contributed by atoms with Crippen LogP contribution < -0.4 is 5.32 Å². The highest BCUT2D eigenvalue weighted by Gasteiger charge is 2.58. The first-order valence-corrected chi connectivity index (χ1v) is 8.86. The van der Waals surface area contributed by atoms with Crippen LogP contribution in [-0.4, -0.2) is 49.7 Å². The van der Waals surface area contributed by atoms with Crippen molar-refractivity contribution in [2.24, 2.45) is 11.3 Å². The van der Waals surface area contributed by atoms with E-state index < -0.39 is 0 Å². The number of nitrogens with zero attached hydrogens (tertiary/aromatic N) is 1. The Hall–Kier alpha value is -0.610. The van der Waals surface area contributed by atoms with Crippen LogP contribution >= 0.6 is 0 Å². The van der Waals surface area contributed by atoms with E-state index in [1.165, 1.54) is 25.7 Å². The van der Waals surface area contributed by atoms with Gasteiger partial charge < -0.3 is 15.0 Å². The van der Waals surface area contributed by atoms with Crippen LogP contribution in [0.1, 0.15) is 51.9 Å². The van der Waals surface area contributed by atoms with Crippen molar-refractivity contribution >= 4 is 5.91 Å². The van der Waals surface area contributed by atoms with Crippen LogP contribution in [0.5, 0.6) is 0 Å².